The summed E-state index contributed by atoms with van der Waals surface area (Å²) in [5.41, 5.74) is 0. The molecule has 0 spiro atoms. The zero-order valence-electron chi connectivity index (χ0n) is 3.55. The molecule has 0 saturated carbocycles. The topological polar surface area (TPSA) is 58.6 Å². The normalized spacial score (nSPS) is 29.3. The number of carbonyl (C=O) groups excluding carboxylic acids is 1. The van der Waals surface area contributed by atoms with Crippen LogP contribution in [0.1, 0.15) is 0 Å². The Hall–Kier alpha value is -0.770. The first kappa shape index (κ1) is 4.39. The van der Waals surface area contributed by atoms with E-state index >= 15 is 0 Å². The molecular weight excluding hydrogens is 98.0 g/mol. The van der Waals surface area contributed by atoms with Gasteiger partial charge in [-0.2, -0.15) is 0 Å². The monoisotopic (exact) mass is 103 g/mol. The minimum Gasteiger partial charge on any atom is -0.418 e. The van der Waals surface area contributed by atoms with Crippen molar-refractivity contribution >= 4 is 6.09 Å². The third-order valence-corrected chi connectivity index (χ3v) is 0.664. The van der Waals surface area contributed by atoms with Gasteiger partial charge in [-0.3, -0.25) is 0 Å². The lowest BCUT2D eigenvalue weighted by atomic mass is 10.7. The standard InChI is InChI=1S/C3H5NO3/c5-2-1-4-3(6)7-2/h2,5H,1H2,(H,4,6)/t2-/m0/s1. The van der Waals surface area contributed by atoms with Crippen molar-refractivity contribution in [1.82, 2.24) is 5.32 Å². The van der Waals surface area contributed by atoms with Crippen molar-refractivity contribution in [1.29, 1.82) is 0 Å². The molecule has 1 fully saturated rings. The maximum absolute atomic E-state index is 9.96. The van der Waals surface area contributed by atoms with Crippen molar-refractivity contribution in [3.63, 3.8) is 0 Å². The van der Waals surface area contributed by atoms with Crippen molar-refractivity contribution in [2.45, 2.75) is 6.29 Å². The fourth-order valence-corrected chi connectivity index (χ4v) is 0.378. The average Bonchev–Trinajstić information content (AvgIpc) is 1.87. The third-order valence-electron chi connectivity index (χ3n) is 0.664. The van der Waals surface area contributed by atoms with Gasteiger partial charge in [0.2, 0.25) is 6.29 Å². The molecule has 0 radical (unpaired) electrons. The van der Waals surface area contributed by atoms with Gasteiger partial charge in [0.15, 0.2) is 0 Å². The minimum atomic E-state index is -0.938. The lowest BCUT2D eigenvalue weighted by Gasteiger charge is -1.92. The number of hydrogen-bond donors (Lipinski definition) is 2. The highest BCUT2D eigenvalue weighted by Crippen LogP contribution is 1.92. The number of cyclic esters (lactones) is 1. The van der Waals surface area contributed by atoms with E-state index in [1.807, 2.05) is 0 Å². The smallest absolute Gasteiger partial charge is 0.409 e. The molecule has 0 unspecified atom stereocenters. The highest BCUT2D eigenvalue weighted by molar-refractivity contribution is 5.68. The summed E-state index contributed by atoms with van der Waals surface area (Å²) in [5, 5.41) is 10.7. The predicted molar refractivity (Wildman–Crippen MR) is 20.5 cm³/mol. The van der Waals surface area contributed by atoms with Gasteiger partial charge in [0.25, 0.3) is 0 Å². The lowest BCUT2D eigenvalue weighted by Crippen LogP contribution is -2.13. The van der Waals surface area contributed by atoms with Gasteiger partial charge >= 0.3 is 6.09 Å². The first-order valence-corrected chi connectivity index (χ1v) is 1.91. The van der Waals surface area contributed by atoms with E-state index in [0.29, 0.717) is 0 Å². The largest absolute Gasteiger partial charge is 0.418 e. The zero-order valence-corrected chi connectivity index (χ0v) is 3.55. The highest BCUT2D eigenvalue weighted by atomic mass is 16.7. The lowest BCUT2D eigenvalue weighted by molar-refractivity contribution is -0.0149. The second-order valence-corrected chi connectivity index (χ2v) is 1.24. The van der Waals surface area contributed by atoms with Crippen LogP contribution in [0.5, 0.6) is 0 Å². The first-order valence-electron chi connectivity index (χ1n) is 1.91. The van der Waals surface area contributed by atoms with E-state index in [9.17, 15) is 4.79 Å². The van der Waals surface area contributed by atoms with Crippen LogP contribution in [-0.4, -0.2) is 24.0 Å². The first-order chi connectivity index (χ1) is 3.29. The Morgan fingerprint density at radius 1 is 2.00 bits per heavy atom. The Balaban J connectivity index is 2.40. The van der Waals surface area contributed by atoms with Crippen LogP contribution in [0.25, 0.3) is 0 Å². The molecule has 0 aromatic carbocycles. The molecule has 0 aliphatic carbocycles. The molecular formula is C3H5NO3. The summed E-state index contributed by atoms with van der Waals surface area (Å²) in [4.78, 5) is 9.96. The van der Waals surface area contributed by atoms with Gasteiger partial charge in [0, 0.05) is 0 Å². The Kier molecular flexibility index (Phi) is 0.867. The molecule has 7 heavy (non-hydrogen) atoms. The zero-order chi connectivity index (χ0) is 5.28. The predicted octanol–water partition coefficient (Wildman–Crippen LogP) is -0.955. The van der Waals surface area contributed by atoms with Crippen molar-refractivity contribution < 1.29 is 14.6 Å². The van der Waals surface area contributed by atoms with Crippen molar-refractivity contribution in [3.8, 4) is 0 Å². The Morgan fingerprint density at radius 2 is 2.71 bits per heavy atom. The van der Waals surface area contributed by atoms with Crippen molar-refractivity contribution in [2.75, 3.05) is 6.54 Å². The maximum Gasteiger partial charge on any atom is 0.409 e. The summed E-state index contributed by atoms with van der Waals surface area (Å²) in [7, 11) is 0. The van der Waals surface area contributed by atoms with Crippen LogP contribution in [0.2, 0.25) is 0 Å². The summed E-state index contributed by atoms with van der Waals surface area (Å²) in [6, 6.07) is 0. The summed E-state index contributed by atoms with van der Waals surface area (Å²) in [5.74, 6) is 0. The number of amides is 1. The number of ether oxygens (including phenoxy) is 1. The molecule has 0 aromatic rings. The number of rotatable bonds is 0. The van der Waals surface area contributed by atoms with E-state index in [-0.39, 0.29) is 6.54 Å². The molecule has 1 heterocycles. The highest BCUT2D eigenvalue weighted by Gasteiger charge is 2.18. The minimum absolute atomic E-state index is 0.207. The maximum atomic E-state index is 9.96. The fraction of sp³-hybridized carbons (Fsp3) is 0.667. The van der Waals surface area contributed by atoms with E-state index < -0.39 is 12.4 Å². The summed E-state index contributed by atoms with van der Waals surface area (Å²) < 4.78 is 4.17. The Labute approximate surface area is 40.1 Å². The molecule has 1 aliphatic rings. The van der Waals surface area contributed by atoms with Gasteiger partial charge in [-0.1, -0.05) is 0 Å². The van der Waals surface area contributed by atoms with Crippen LogP contribution in [-0.2, 0) is 4.74 Å². The van der Waals surface area contributed by atoms with Gasteiger partial charge in [-0.15, -0.1) is 0 Å². The molecule has 0 aromatic heterocycles. The van der Waals surface area contributed by atoms with Gasteiger partial charge in [0.05, 0.1) is 6.54 Å². The quantitative estimate of drug-likeness (QED) is 0.415. The van der Waals surface area contributed by atoms with Crippen LogP contribution < -0.4 is 5.32 Å². The fourth-order valence-electron chi connectivity index (χ4n) is 0.378. The van der Waals surface area contributed by atoms with Crippen molar-refractivity contribution in [2.24, 2.45) is 0 Å². The Morgan fingerprint density at radius 3 is 2.86 bits per heavy atom. The Bertz CT molecular complexity index is 92.2. The molecule has 1 atom stereocenters. The number of alkyl carbamates (subject to hydrolysis) is 1. The second kappa shape index (κ2) is 1.38. The van der Waals surface area contributed by atoms with Crippen LogP contribution in [0.4, 0.5) is 4.79 Å². The van der Waals surface area contributed by atoms with E-state index in [4.69, 9.17) is 5.11 Å². The molecule has 4 nitrogen and oxygen atoms in total. The van der Waals surface area contributed by atoms with Gasteiger partial charge in [-0.05, 0) is 0 Å². The van der Waals surface area contributed by atoms with E-state index in [1.165, 1.54) is 0 Å². The van der Waals surface area contributed by atoms with E-state index in [0.717, 1.165) is 0 Å². The van der Waals surface area contributed by atoms with Gasteiger partial charge in [-0.25, -0.2) is 4.79 Å². The third kappa shape index (κ3) is 0.806. The number of β-amino-alcohol motifs (C(OH)–C–C–N with tert-alkyl or cyclic N) is 1. The summed E-state index contributed by atoms with van der Waals surface area (Å²) in [6.45, 7) is 0.207. The molecule has 0 bridgehead atoms. The molecule has 1 rings (SSSR count). The number of carbonyl (C=O) groups is 1. The number of nitrogens with one attached hydrogen (secondary N) is 1. The molecule has 1 aliphatic heterocycles. The number of aliphatic hydroxyl groups excluding tert-OH is 1. The van der Waals surface area contributed by atoms with Gasteiger partial charge < -0.3 is 15.2 Å². The van der Waals surface area contributed by atoms with Crippen LogP contribution in [0, 0.1) is 0 Å². The van der Waals surface area contributed by atoms with Crippen LogP contribution >= 0.6 is 0 Å². The van der Waals surface area contributed by atoms with Crippen molar-refractivity contribution in [3.05, 3.63) is 0 Å². The number of hydrogen-bond acceptors (Lipinski definition) is 3. The molecule has 4 heteroatoms. The summed E-state index contributed by atoms with van der Waals surface area (Å²) in [6.07, 6.45) is -1.49. The molecule has 1 amide bonds. The average molecular weight is 103 g/mol. The van der Waals surface area contributed by atoms with E-state index in [2.05, 4.69) is 10.1 Å². The van der Waals surface area contributed by atoms with Crippen LogP contribution in [0.3, 0.4) is 0 Å². The number of aliphatic hydroxyl groups is 1. The van der Waals surface area contributed by atoms with Crippen LogP contribution in [0.15, 0.2) is 0 Å². The molecule has 40 valence electrons. The van der Waals surface area contributed by atoms with Gasteiger partial charge in [0.1, 0.15) is 0 Å². The molecule has 1 saturated heterocycles. The SMILES string of the molecule is O=C1NC[C@@H](O)O1. The van der Waals surface area contributed by atoms with E-state index in [1.54, 1.807) is 0 Å². The summed E-state index contributed by atoms with van der Waals surface area (Å²) >= 11 is 0. The second-order valence-electron chi connectivity index (χ2n) is 1.24. The molecule has 2 N–H and O–H groups in total.